The molecular weight excluding hydrogens is 284 g/mol. The second-order valence-electron chi connectivity index (χ2n) is 5.88. The van der Waals surface area contributed by atoms with Crippen LogP contribution in [0, 0.1) is 0 Å². The summed E-state index contributed by atoms with van der Waals surface area (Å²) in [6, 6.07) is 17.9. The molecule has 3 aromatic rings. The molecule has 0 aliphatic rings. The van der Waals surface area contributed by atoms with Gasteiger partial charge in [0.2, 0.25) is 0 Å². The molecule has 0 bridgehead atoms. The third kappa shape index (κ3) is 3.50. The normalized spacial score (nSPS) is 11.0. The van der Waals surface area contributed by atoms with Gasteiger partial charge in [0.15, 0.2) is 5.78 Å². The number of ketones is 1. The number of benzene rings is 2. The van der Waals surface area contributed by atoms with Crippen molar-refractivity contribution in [3.05, 3.63) is 65.9 Å². The number of carbonyl (C=O) groups excluding carboxylic acids is 1. The first-order chi connectivity index (χ1) is 11.3. The summed E-state index contributed by atoms with van der Waals surface area (Å²) in [6.45, 7) is 3.06. The molecule has 0 unspecified atom stereocenters. The third-order valence-corrected chi connectivity index (χ3v) is 4.10. The van der Waals surface area contributed by atoms with Crippen molar-refractivity contribution >= 4 is 16.7 Å². The lowest BCUT2D eigenvalue weighted by Crippen LogP contribution is -2.07. The Kier molecular flexibility index (Phi) is 4.86. The summed E-state index contributed by atoms with van der Waals surface area (Å²) in [5.41, 5.74) is 2.68. The Morgan fingerprint density at radius 2 is 1.74 bits per heavy atom. The minimum absolute atomic E-state index is 0.0849. The summed E-state index contributed by atoms with van der Waals surface area (Å²) in [6.07, 6.45) is 3.85. The van der Waals surface area contributed by atoms with Crippen LogP contribution in [0.2, 0.25) is 0 Å². The molecule has 0 saturated carbocycles. The lowest BCUT2D eigenvalue weighted by atomic mass is 10.0. The second-order valence-corrected chi connectivity index (χ2v) is 5.88. The van der Waals surface area contributed by atoms with E-state index in [-0.39, 0.29) is 5.78 Å². The van der Waals surface area contributed by atoms with Gasteiger partial charge in [0.25, 0.3) is 0 Å². The van der Waals surface area contributed by atoms with Gasteiger partial charge in [0.05, 0.1) is 5.52 Å². The van der Waals surface area contributed by atoms with Gasteiger partial charge < -0.3 is 0 Å². The standard InChI is InChI=1S/C20H22N2O/c1-2-3-9-14-22-18-13-8-7-12-17(18)20(21-22)19(23)15-16-10-5-4-6-11-16/h4-8,10-13H,2-3,9,14-15H2,1H3. The van der Waals surface area contributed by atoms with Gasteiger partial charge in [-0.15, -0.1) is 0 Å². The molecule has 118 valence electrons. The van der Waals surface area contributed by atoms with Gasteiger partial charge in [0, 0.05) is 18.4 Å². The molecule has 0 atom stereocenters. The highest BCUT2D eigenvalue weighted by atomic mass is 16.1. The molecule has 3 heteroatoms. The van der Waals surface area contributed by atoms with Crippen LogP contribution in [0.15, 0.2) is 54.6 Å². The van der Waals surface area contributed by atoms with Gasteiger partial charge >= 0.3 is 0 Å². The number of hydrogen-bond acceptors (Lipinski definition) is 2. The van der Waals surface area contributed by atoms with Crippen molar-refractivity contribution in [2.45, 2.75) is 39.2 Å². The highest BCUT2D eigenvalue weighted by molar-refractivity contribution is 6.06. The zero-order chi connectivity index (χ0) is 16.1. The maximum atomic E-state index is 12.7. The maximum absolute atomic E-state index is 12.7. The topological polar surface area (TPSA) is 34.9 Å². The molecular formula is C20H22N2O. The summed E-state index contributed by atoms with van der Waals surface area (Å²) >= 11 is 0. The van der Waals surface area contributed by atoms with E-state index < -0.39 is 0 Å². The number of nitrogens with zero attached hydrogens (tertiary/aromatic N) is 2. The number of aromatic nitrogens is 2. The fourth-order valence-corrected chi connectivity index (χ4v) is 2.88. The van der Waals surface area contributed by atoms with E-state index in [4.69, 9.17) is 0 Å². The van der Waals surface area contributed by atoms with Crippen LogP contribution >= 0.6 is 0 Å². The summed E-state index contributed by atoms with van der Waals surface area (Å²) in [5.74, 6) is 0.0849. The molecule has 1 heterocycles. The van der Waals surface area contributed by atoms with Crippen molar-refractivity contribution < 1.29 is 4.79 Å². The summed E-state index contributed by atoms with van der Waals surface area (Å²) in [4.78, 5) is 12.7. The van der Waals surface area contributed by atoms with Crippen molar-refractivity contribution in [3.63, 3.8) is 0 Å². The number of rotatable bonds is 7. The lowest BCUT2D eigenvalue weighted by Gasteiger charge is -2.02. The molecule has 3 nitrogen and oxygen atoms in total. The van der Waals surface area contributed by atoms with Crippen LogP contribution in [-0.2, 0) is 13.0 Å². The molecule has 0 fully saturated rings. The number of Topliss-reactive ketones (excluding diaryl/α,β-unsaturated/α-hetero) is 1. The molecule has 0 spiro atoms. The predicted molar refractivity (Wildman–Crippen MR) is 93.7 cm³/mol. The Hall–Kier alpha value is -2.42. The number of aryl methyl sites for hydroxylation is 1. The molecule has 0 aliphatic carbocycles. The fraction of sp³-hybridized carbons (Fsp3) is 0.300. The van der Waals surface area contributed by atoms with Crippen LogP contribution in [0.25, 0.3) is 10.9 Å². The lowest BCUT2D eigenvalue weighted by molar-refractivity contribution is 0.0989. The van der Waals surface area contributed by atoms with Crippen LogP contribution in [0.4, 0.5) is 0 Å². The van der Waals surface area contributed by atoms with Crippen LogP contribution in [0.5, 0.6) is 0 Å². The molecule has 0 amide bonds. The van der Waals surface area contributed by atoms with Gasteiger partial charge in [-0.3, -0.25) is 9.48 Å². The fourth-order valence-electron chi connectivity index (χ4n) is 2.88. The third-order valence-electron chi connectivity index (χ3n) is 4.10. The van der Waals surface area contributed by atoms with Crippen molar-refractivity contribution in [3.8, 4) is 0 Å². The van der Waals surface area contributed by atoms with Gasteiger partial charge in [-0.2, -0.15) is 5.10 Å². The van der Waals surface area contributed by atoms with Crippen molar-refractivity contribution in [2.24, 2.45) is 0 Å². The van der Waals surface area contributed by atoms with Gasteiger partial charge in [-0.1, -0.05) is 68.3 Å². The van der Waals surface area contributed by atoms with Crippen LogP contribution < -0.4 is 0 Å². The first kappa shape index (κ1) is 15.5. The van der Waals surface area contributed by atoms with E-state index in [1.165, 1.54) is 12.8 Å². The monoisotopic (exact) mass is 306 g/mol. The summed E-state index contributed by atoms with van der Waals surface area (Å²) < 4.78 is 1.99. The summed E-state index contributed by atoms with van der Waals surface area (Å²) in [5, 5.41) is 5.59. The Balaban J connectivity index is 1.89. The molecule has 3 rings (SSSR count). The first-order valence-electron chi connectivity index (χ1n) is 8.32. The van der Waals surface area contributed by atoms with Gasteiger partial charge in [-0.25, -0.2) is 0 Å². The van der Waals surface area contributed by atoms with E-state index in [1.54, 1.807) is 0 Å². The summed E-state index contributed by atoms with van der Waals surface area (Å²) in [7, 11) is 0. The average Bonchev–Trinajstić information content (AvgIpc) is 2.95. The van der Waals surface area contributed by atoms with Crippen molar-refractivity contribution in [2.75, 3.05) is 0 Å². The molecule has 2 aromatic carbocycles. The van der Waals surface area contributed by atoms with Crippen LogP contribution in [0.1, 0.15) is 42.2 Å². The van der Waals surface area contributed by atoms with E-state index in [0.29, 0.717) is 12.1 Å². The van der Waals surface area contributed by atoms with E-state index >= 15 is 0 Å². The Morgan fingerprint density at radius 1 is 1.00 bits per heavy atom. The Morgan fingerprint density at radius 3 is 2.52 bits per heavy atom. The van der Waals surface area contributed by atoms with E-state index in [1.807, 2.05) is 59.3 Å². The smallest absolute Gasteiger partial charge is 0.188 e. The van der Waals surface area contributed by atoms with Crippen LogP contribution in [0.3, 0.4) is 0 Å². The minimum atomic E-state index is 0.0849. The second kappa shape index (κ2) is 7.23. The molecule has 0 aliphatic heterocycles. The van der Waals surface area contributed by atoms with Gasteiger partial charge in [0.1, 0.15) is 5.69 Å². The number of carbonyl (C=O) groups is 1. The van der Waals surface area contributed by atoms with E-state index in [9.17, 15) is 4.79 Å². The quantitative estimate of drug-likeness (QED) is 0.470. The number of para-hydroxylation sites is 1. The number of unbranched alkanes of at least 4 members (excludes halogenated alkanes) is 2. The minimum Gasteiger partial charge on any atom is -0.292 e. The zero-order valence-electron chi connectivity index (χ0n) is 13.5. The van der Waals surface area contributed by atoms with E-state index in [2.05, 4.69) is 12.0 Å². The molecule has 0 radical (unpaired) electrons. The SMILES string of the molecule is CCCCCn1nc(C(=O)Cc2ccccc2)c2ccccc21. The molecule has 1 aromatic heterocycles. The number of hydrogen-bond donors (Lipinski definition) is 0. The Bertz CT molecular complexity index is 790. The Labute approximate surface area is 136 Å². The van der Waals surface area contributed by atoms with Crippen molar-refractivity contribution in [1.82, 2.24) is 9.78 Å². The zero-order valence-corrected chi connectivity index (χ0v) is 13.5. The molecule has 0 N–H and O–H groups in total. The molecule has 0 saturated heterocycles. The van der Waals surface area contributed by atoms with Gasteiger partial charge in [-0.05, 0) is 18.1 Å². The highest BCUT2D eigenvalue weighted by Crippen LogP contribution is 2.20. The largest absolute Gasteiger partial charge is 0.292 e. The average molecular weight is 306 g/mol. The van der Waals surface area contributed by atoms with Crippen molar-refractivity contribution in [1.29, 1.82) is 0 Å². The molecule has 23 heavy (non-hydrogen) atoms. The number of fused-ring (bicyclic) bond motifs is 1. The highest BCUT2D eigenvalue weighted by Gasteiger charge is 2.17. The first-order valence-corrected chi connectivity index (χ1v) is 8.32. The van der Waals surface area contributed by atoms with E-state index in [0.717, 1.165) is 29.4 Å². The van der Waals surface area contributed by atoms with Crippen LogP contribution in [-0.4, -0.2) is 15.6 Å². The predicted octanol–water partition coefficient (Wildman–Crippen LogP) is 4.65. The maximum Gasteiger partial charge on any atom is 0.188 e.